The van der Waals surface area contributed by atoms with Crippen LogP contribution in [-0.4, -0.2) is 21.1 Å². The number of hydrogen-bond acceptors (Lipinski definition) is 0. The molecule has 0 bridgehead atoms. The van der Waals surface area contributed by atoms with Crippen LogP contribution in [0.15, 0.2) is 24.3 Å². The van der Waals surface area contributed by atoms with Gasteiger partial charge in [-0.15, -0.1) is 0 Å². The molecule has 0 fully saturated rings. The van der Waals surface area contributed by atoms with Crippen LogP contribution in [-0.2, 0) is 0 Å². The van der Waals surface area contributed by atoms with Crippen LogP contribution >= 0.6 is 11.6 Å². The predicted octanol–water partition coefficient (Wildman–Crippen LogP) is 2.65. The minimum absolute atomic E-state index is 0.488. The molecule has 1 aromatic rings. The summed E-state index contributed by atoms with van der Waals surface area (Å²) in [5.41, 5.74) is 0. The molecule has 0 atom stereocenters. The SMILES string of the molecule is FC(F)(F)C[Se]c1cccc(Cl)c1. The molecule has 0 heterocycles. The van der Waals surface area contributed by atoms with Crippen molar-refractivity contribution in [1.82, 2.24) is 0 Å². The zero-order chi connectivity index (χ0) is 9.90. The maximum atomic E-state index is 11.8. The standard InChI is InChI=1S/C8H6ClF3Se/c9-6-2-1-3-7(4-6)13-5-8(10,11)12/h1-4H,5H2. The molecule has 0 amide bonds. The first kappa shape index (κ1) is 10.9. The van der Waals surface area contributed by atoms with Crippen LogP contribution in [0.1, 0.15) is 0 Å². The number of alkyl halides is 3. The molecule has 0 aliphatic rings. The van der Waals surface area contributed by atoms with Crippen molar-refractivity contribution in [3.8, 4) is 0 Å². The summed E-state index contributed by atoms with van der Waals surface area (Å²) in [4.78, 5) is 0. The van der Waals surface area contributed by atoms with Gasteiger partial charge >= 0.3 is 85.0 Å². The Balaban J connectivity index is 2.55. The van der Waals surface area contributed by atoms with E-state index in [0.29, 0.717) is 9.48 Å². The Labute approximate surface area is 85.2 Å². The monoisotopic (exact) mass is 274 g/mol. The summed E-state index contributed by atoms with van der Waals surface area (Å²) in [7, 11) is 0. The average molecular weight is 274 g/mol. The van der Waals surface area contributed by atoms with E-state index in [1.54, 1.807) is 24.3 Å². The molecule has 0 aliphatic carbocycles. The number of halogens is 4. The molecule has 5 heteroatoms. The summed E-state index contributed by atoms with van der Waals surface area (Å²) in [5.74, 6) is 0. The van der Waals surface area contributed by atoms with Crippen molar-refractivity contribution in [2.45, 2.75) is 11.5 Å². The topological polar surface area (TPSA) is 0 Å². The van der Waals surface area contributed by atoms with Gasteiger partial charge in [-0.25, -0.2) is 0 Å². The first-order valence-corrected chi connectivity index (χ1v) is 5.87. The number of rotatable bonds is 2. The van der Waals surface area contributed by atoms with Crippen LogP contribution in [0.25, 0.3) is 0 Å². The molecule has 0 spiro atoms. The second kappa shape index (κ2) is 4.36. The fourth-order valence-electron chi connectivity index (χ4n) is 0.722. The van der Waals surface area contributed by atoms with Crippen LogP contribution in [0.3, 0.4) is 0 Å². The van der Waals surface area contributed by atoms with Crippen molar-refractivity contribution >= 4 is 31.0 Å². The van der Waals surface area contributed by atoms with Crippen LogP contribution in [0.5, 0.6) is 0 Å². The molecule has 0 nitrogen and oxygen atoms in total. The third-order valence-corrected chi connectivity index (χ3v) is 3.66. The summed E-state index contributed by atoms with van der Waals surface area (Å²) in [6.07, 6.45) is -4.07. The average Bonchev–Trinajstić information content (AvgIpc) is 2.00. The third kappa shape index (κ3) is 4.55. The van der Waals surface area contributed by atoms with E-state index in [2.05, 4.69) is 0 Å². The summed E-state index contributed by atoms with van der Waals surface area (Å²) >= 11 is 5.06. The van der Waals surface area contributed by atoms with E-state index in [4.69, 9.17) is 11.6 Å². The molecule has 0 saturated carbocycles. The van der Waals surface area contributed by atoms with E-state index in [1.807, 2.05) is 0 Å². The Kier molecular flexibility index (Phi) is 3.65. The Morgan fingerprint density at radius 1 is 1.31 bits per heavy atom. The van der Waals surface area contributed by atoms with E-state index in [9.17, 15) is 13.2 Å². The Morgan fingerprint density at radius 3 is 2.54 bits per heavy atom. The van der Waals surface area contributed by atoms with Gasteiger partial charge < -0.3 is 0 Å². The van der Waals surface area contributed by atoms with Crippen molar-refractivity contribution in [2.75, 3.05) is 0 Å². The van der Waals surface area contributed by atoms with Crippen molar-refractivity contribution < 1.29 is 13.2 Å². The van der Waals surface area contributed by atoms with Crippen LogP contribution in [0.2, 0.25) is 10.3 Å². The number of hydrogen-bond donors (Lipinski definition) is 0. The molecule has 13 heavy (non-hydrogen) atoms. The Hall–Kier alpha value is -0.181. The van der Waals surface area contributed by atoms with Crippen LogP contribution in [0.4, 0.5) is 13.2 Å². The predicted molar refractivity (Wildman–Crippen MR) is 47.7 cm³/mol. The second-order valence-electron chi connectivity index (χ2n) is 2.36. The van der Waals surface area contributed by atoms with E-state index in [1.165, 1.54) is 0 Å². The fourth-order valence-corrected chi connectivity index (χ4v) is 2.56. The fraction of sp³-hybridized carbons (Fsp3) is 0.250. The van der Waals surface area contributed by atoms with Gasteiger partial charge in [-0.2, -0.15) is 0 Å². The van der Waals surface area contributed by atoms with Crippen molar-refractivity contribution in [1.29, 1.82) is 0 Å². The number of benzene rings is 1. The maximum absolute atomic E-state index is 11.8. The van der Waals surface area contributed by atoms with Crippen LogP contribution in [0, 0.1) is 0 Å². The molecule has 1 aromatic carbocycles. The summed E-state index contributed by atoms with van der Waals surface area (Å²) < 4.78 is 36.2. The Morgan fingerprint density at radius 2 is 2.00 bits per heavy atom. The Bertz CT molecular complexity index is 285. The van der Waals surface area contributed by atoms with Gasteiger partial charge in [0.2, 0.25) is 0 Å². The third-order valence-electron chi connectivity index (χ3n) is 1.20. The van der Waals surface area contributed by atoms with Crippen molar-refractivity contribution in [2.24, 2.45) is 0 Å². The van der Waals surface area contributed by atoms with Gasteiger partial charge in [-0.3, -0.25) is 0 Å². The van der Waals surface area contributed by atoms with Crippen molar-refractivity contribution in [3.05, 3.63) is 29.3 Å². The van der Waals surface area contributed by atoms with E-state index >= 15 is 0 Å². The molecule has 0 aliphatic heterocycles. The first-order chi connectivity index (χ1) is 5.97. The van der Waals surface area contributed by atoms with Gasteiger partial charge in [-0.1, -0.05) is 0 Å². The molecule has 0 N–H and O–H groups in total. The van der Waals surface area contributed by atoms with Gasteiger partial charge in [-0.05, 0) is 0 Å². The quantitative estimate of drug-likeness (QED) is 0.727. The molecular formula is C8H6ClF3Se. The van der Waals surface area contributed by atoms with Gasteiger partial charge in [0.1, 0.15) is 0 Å². The zero-order valence-electron chi connectivity index (χ0n) is 6.44. The summed E-state index contributed by atoms with van der Waals surface area (Å²) in [5, 5.41) is -0.248. The van der Waals surface area contributed by atoms with E-state index in [-0.39, 0.29) is 0 Å². The van der Waals surface area contributed by atoms with Crippen LogP contribution < -0.4 is 4.46 Å². The summed E-state index contributed by atoms with van der Waals surface area (Å²) in [6.45, 7) is 0. The molecule has 0 unspecified atom stereocenters. The van der Waals surface area contributed by atoms with Crippen molar-refractivity contribution in [3.63, 3.8) is 0 Å². The normalized spacial score (nSPS) is 11.7. The van der Waals surface area contributed by atoms with Gasteiger partial charge in [0.05, 0.1) is 0 Å². The molecule has 0 radical (unpaired) electrons. The minimum atomic E-state index is -4.07. The molecule has 1 rings (SSSR count). The molecule has 0 saturated heterocycles. The zero-order valence-corrected chi connectivity index (χ0v) is 8.91. The molecule has 72 valence electrons. The van der Waals surface area contributed by atoms with E-state index in [0.717, 1.165) is 0 Å². The second-order valence-corrected chi connectivity index (χ2v) is 5.00. The van der Waals surface area contributed by atoms with E-state index < -0.39 is 26.5 Å². The summed E-state index contributed by atoms with van der Waals surface area (Å²) in [6, 6.07) is 6.55. The van der Waals surface area contributed by atoms with Gasteiger partial charge in [0.25, 0.3) is 0 Å². The van der Waals surface area contributed by atoms with Gasteiger partial charge in [0.15, 0.2) is 0 Å². The van der Waals surface area contributed by atoms with Gasteiger partial charge in [0, 0.05) is 0 Å². The molecular weight excluding hydrogens is 267 g/mol. The first-order valence-electron chi connectivity index (χ1n) is 3.42. The molecule has 0 aromatic heterocycles.